The van der Waals surface area contributed by atoms with Crippen LogP contribution in [-0.4, -0.2) is 26.0 Å². The molecule has 0 heterocycles. The van der Waals surface area contributed by atoms with Crippen LogP contribution >= 0.6 is 12.4 Å². The van der Waals surface area contributed by atoms with Gasteiger partial charge in [-0.3, -0.25) is 4.79 Å². The van der Waals surface area contributed by atoms with Crippen LogP contribution in [0.25, 0.3) is 0 Å². The number of amides is 1. The van der Waals surface area contributed by atoms with Gasteiger partial charge in [-0.05, 0) is 32.9 Å². The van der Waals surface area contributed by atoms with Crippen molar-refractivity contribution in [1.82, 2.24) is 10.6 Å². The van der Waals surface area contributed by atoms with Gasteiger partial charge in [0.2, 0.25) is 5.91 Å². The van der Waals surface area contributed by atoms with Crippen molar-refractivity contribution in [3.63, 3.8) is 0 Å². The molecule has 0 bridgehead atoms. The average Bonchev–Trinajstić information content (AvgIpc) is 2.52. The minimum atomic E-state index is 0. The second-order valence-corrected chi connectivity index (χ2v) is 4.44. The molecule has 0 atom stereocenters. The van der Waals surface area contributed by atoms with Gasteiger partial charge in [0.05, 0.1) is 0 Å². The van der Waals surface area contributed by atoms with E-state index in [0.29, 0.717) is 5.92 Å². The summed E-state index contributed by atoms with van der Waals surface area (Å²) < 4.78 is 0. The Morgan fingerprint density at radius 2 is 1.75 bits per heavy atom. The molecule has 0 spiro atoms. The van der Waals surface area contributed by atoms with Crippen molar-refractivity contribution >= 4 is 18.3 Å². The summed E-state index contributed by atoms with van der Waals surface area (Å²) >= 11 is 0. The van der Waals surface area contributed by atoms with Crippen LogP contribution < -0.4 is 10.6 Å². The molecule has 3 nitrogen and oxygen atoms in total. The minimum Gasteiger partial charge on any atom is -0.356 e. The Morgan fingerprint density at radius 3 is 2.31 bits per heavy atom. The zero-order chi connectivity index (χ0) is 10.9. The molecule has 1 amide bonds. The maximum absolute atomic E-state index is 11.8. The largest absolute Gasteiger partial charge is 0.356 e. The van der Waals surface area contributed by atoms with Crippen LogP contribution in [0.4, 0.5) is 0 Å². The third kappa shape index (κ3) is 6.33. The van der Waals surface area contributed by atoms with Gasteiger partial charge in [0.1, 0.15) is 0 Å². The van der Waals surface area contributed by atoms with Gasteiger partial charge in [-0.1, -0.05) is 25.7 Å². The molecule has 1 fully saturated rings. The van der Waals surface area contributed by atoms with E-state index in [1.54, 1.807) is 0 Å². The van der Waals surface area contributed by atoms with Crippen LogP contribution in [0.2, 0.25) is 0 Å². The fourth-order valence-corrected chi connectivity index (χ4v) is 2.16. The van der Waals surface area contributed by atoms with E-state index in [2.05, 4.69) is 10.6 Å². The van der Waals surface area contributed by atoms with Crippen molar-refractivity contribution in [3.8, 4) is 0 Å². The number of hydrogen-bond acceptors (Lipinski definition) is 2. The predicted octanol–water partition coefficient (Wildman–Crippen LogP) is 2.10. The third-order valence-electron chi connectivity index (χ3n) is 3.13. The average molecular weight is 249 g/mol. The summed E-state index contributed by atoms with van der Waals surface area (Å²) in [6.45, 7) is 1.79. The van der Waals surface area contributed by atoms with Crippen molar-refractivity contribution in [2.75, 3.05) is 20.1 Å². The molecular formula is C12H25ClN2O. The molecule has 2 N–H and O–H groups in total. The number of carbonyl (C=O) groups is 1. The molecule has 0 unspecified atom stereocenters. The highest BCUT2D eigenvalue weighted by Crippen LogP contribution is 2.22. The Hall–Kier alpha value is -0.280. The van der Waals surface area contributed by atoms with Gasteiger partial charge in [-0.25, -0.2) is 0 Å². The van der Waals surface area contributed by atoms with Crippen molar-refractivity contribution in [2.24, 2.45) is 5.92 Å². The van der Waals surface area contributed by atoms with E-state index >= 15 is 0 Å². The van der Waals surface area contributed by atoms with Gasteiger partial charge in [0, 0.05) is 12.5 Å². The molecule has 4 heteroatoms. The summed E-state index contributed by atoms with van der Waals surface area (Å²) in [7, 11) is 1.94. The van der Waals surface area contributed by atoms with E-state index in [0.717, 1.165) is 32.4 Å². The van der Waals surface area contributed by atoms with Crippen molar-refractivity contribution in [2.45, 2.75) is 44.9 Å². The fraction of sp³-hybridized carbons (Fsp3) is 0.917. The van der Waals surface area contributed by atoms with E-state index in [-0.39, 0.29) is 18.3 Å². The zero-order valence-electron chi connectivity index (χ0n) is 10.3. The normalized spacial score (nSPS) is 17.3. The standard InChI is InChI=1S/C12H24N2O.ClH/c1-13-9-6-10-14-12(15)11-7-4-2-3-5-8-11;/h11,13H,2-10H2,1H3,(H,14,15);1H. The summed E-state index contributed by atoms with van der Waals surface area (Å²) in [6.07, 6.45) is 8.29. The molecule has 0 aromatic carbocycles. The van der Waals surface area contributed by atoms with E-state index in [4.69, 9.17) is 0 Å². The van der Waals surface area contributed by atoms with Crippen LogP contribution in [0.3, 0.4) is 0 Å². The molecule has 0 aromatic rings. The van der Waals surface area contributed by atoms with E-state index in [9.17, 15) is 4.79 Å². The summed E-state index contributed by atoms with van der Waals surface area (Å²) in [5.74, 6) is 0.579. The van der Waals surface area contributed by atoms with Gasteiger partial charge in [-0.15, -0.1) is 12.4 Å². The van der Waals surface area contributed by atoms with E-state index in [1.807, 2.05) is 7.05 Å². The molecule has 1 aliphatic carbocycles. The molecule has 0 aromatic heterocycles. The first-order valence-electron chi connectivity index (χ1n) is 6.27. The first-order valence-corrected chi connectivity index (χ1v) is 6.27. The molecule has 0 radical (unpaired) electrons. The summed E-state index contributed by atoms with van der Waals surface area (Å²) in [6, 6.07) is 0. The lowest BCUT2D eigenvalue weighted by Gasteiger charge is -2.13. The molecule has 0 saturated heterocycles. The highest BCUT2D eigenvalue weighted by Gasteiger charge is 2.19. The summed E-state index contributed by atoms with van der Waals surface area (Å²) in [5, 5.41) is 6.12. The van der Waals surface area contributed by atoms with Crippen LogP contribution in [0, 0.1) is 5.92 Å². The second-order valence-electron chi connectivity index (χ2n) is 4.44. The fourth-order valence-electron chi connectivity index (χ4n) is 2.16. The van der Waals surface area contributed by atoms with Crippen LogP contribution in [0.15, 0.2) is 0 Å². The number of rotatable bonds is 5. The Balaban J connectivity index is 0.00000225. The van der Waals surface area contributed by atoms with Crippen molar-refractivity contribution in [3.05, 3.63) is 0 Å². The Morgan fingerprint density at radius 1 is 1.12 bits per heavy atom. The smallest absolute Gasteiger partial charge is 0.223 e. The van der Waals surface area contributed by atoms with E-state index in [1.165, 1.54) is 25.7 Å². The van der Waals surface area contributed by atoms with Crippen LogP contribution in [-0.2, 0) is 4.79 Å². The van der Waals surface area contributed by atoms with Crippen LogP contribution in [0.1, 0.15) is 44.9 Å². The molecule has 16 heavy (non-hydrogen) atoms. The minimum absolute atomic E-state index is 0. The zero-order valence-corrected chi connectivity index (χ0v) is 11.1. The lowest BCUT2D eigenvalue weighted by atomic mass is 9.99. The van der Waals surface area contributed by atoms with Gasteiger partial charge >= 0.3 is 0 Å². The van der Waals surface area contributed by atoms with Gasteiger partial charge < -0.3 is 10.6 Å². The highest BCUT2D eigenvalue weighted by molar-refractivity contribution is 5.85. The quantitative estimate of drug-likeness (QED) is 0.578. The molecular weight excluding hydrogens is 224 g/mol. The maximum atomic E-state index is 11.8. The third-order valence-corrected chi connectivity index (χ3v) is 3.13. The number of nitrogens with one attached hydrogen (secondary N) is 2. The van der Waals surface area contributed by atoms with Gasteiger partial charge in [-0.2, -0.15) is 0 Å². The molecule has 1 rings (SSSR count). The first-order chi connectivity index (χ1) is 7.34. The lowest BCUT2D eigenvalue weighted by Crippen LogP contribution is -2.32. The lowest BCUT2D eigenvalue weighted by molar-refractivity contribution is -0.125. The van der Waals surface area contributed by atoms with Crippen LogP contribution in [0.5, 0.6) is 0 Å². The molecule has 1 aliphatic rings. The number of carbonyl (C=O) groups excluding carboxylic acids is 1. The first kappa shape index (κ1) is 15.7. The summed E-state index contributed by atoms with van der Waals surface area (Å²) in [4.78, 5) is 11.8. The molecule has 96 valence electrons. The van der Waals surface area contributed by atoms with Crippen molar-refractivity contribution in [1.29, 1.82) is 0 Å². The van der Waals surface area contributed by atoms with Gasteiger partial charge in [0.15, 0.2) is 0 Å². The maximum Gasteiger partial charge on any atom is 0.223 e. The molecule has 1 saturated carbocycles. The number of halogens is 1. The highest BCUT2D eigenvalue weighted by atomic mass is 35.5. The monoisotopic (exact) mass is 248 g/mol. The Kier molecular flexibility index (Phi) is 9.74. The van der Waals surface area contributed by atoms with E-state index < -0.39 is 0 Å². The topological polar surface area (TPSA) is 41.1 Å². The Bertz CT molecular complexity index is 180. The van der Waals surface area contributed by atoms with Crippen molar-refractivity contribution < 1.29 is 4.79 Å². The molecule has 0 aliphatic heterocycles. The SMILES string of the molecule is CNCCCNC(=O)C1CCCCCC1.Cl. The number of hydrogen-bond donors (Lipinski definition) is 2. The summed E-state index contributed by atoms with van der Waals surface area (Å²) in [5.41, 5.74) is 0. The second kappa shape index (κ2) is 9.91. The predicted molar refractivity (Wildman–Crippen MR) is 70.0 cm³/mol. The van der Waals surface area contributed by atoms with Gasteiger partial charge in [0.25, 0.3) is 0 Å². The Labute approximate surface area is 105 Å².